The molecule has 0 radical (unpaired) electrons. The highest BCUT2D eigenvalue weighted by Crippen LogP contribution is 2.19. The topological polar surface area (TPSA) is 67.4 Å². The minimum atomic E-state index is 0.145. The average Bonchev–Trinajstić information content (AvgIpc) is 3.03. The molecule has 120 valence electrons. The predicted octanol–water partition coefficient (Wildman–Crippen LogP) is 1.76. The molecule has 0 aromatic carbocycles. The minimum Gasteiger partial charge on any atom is -0.378 e. The highest BCUT2D eigenvalue weighted by molar-refractivity contribution is 5.76. The Morgan fingerprint density at radius 3 is 2.77 bits per heavy atom. The summed E-state index contributed by atoms with van der Waals surface area (Å²) in [6.45, 7) is 4.35. The molecule has 2 fully saturated rings. The Labute approximate surface area is 131 Å². The van der Waals surface area contributed by atoms with Crippen molar-refractivity contribution in [2.75, 3.05) is 25.0 Å². The van der Waals surface area contributed by atoms with Crippen LogP contribution in [0.5, 0.6) is 0 Å². The lowest BCUT2D eigenvalue weighted by molar-refractivity contribution is -0.134. The molecular weight excluding hydrogens is 280 g/mol. The van der Waals surface area contributed by atoms with Crippen LogP contribution in [0.15, 0.2) is 12.1 Å². The monoisotopic (exact) mass is 304 g/mol. The van der Waals surface area contributed by atoms with Gasteiger partial charge in [0.25, 0.3) is 0 Å². The number of carbonyl (C=O) groups excluding carboxylic acids is 1. The van der Waals surface area contributed by atoms with Crippen LogP contribution >= 0.6 is 0 Å². The van der Waals surface area contributed by atoms with Crippen LogP contribution in [0.1, 0.15) is 37.8 Å². The molecule has 6 heteroatoms. The van der Waals surface area contributed by atoms with Crippen molar-refractivity contribution in [2.24, 2.45) is 0 Å². The molecule has 6 nitrogen and oxygen atoms in total. The van der Waals surface area contributed by atoms with Crippen LogP contribution in [0.2, 0.25) is 0 Å². The van der Waals surface area contributed by atoms with Crippen LogP contribution in [0.3, 0.4) is 0 Å². The molecule has 2 aliphatic rings. The highest BCUT2D eigenvalue weighted by Gasteiger charge is 2.26. The molecule has 3 heterocycles. The van der Waals surface area contributed by atoms with Gasteiger partial charge in [0.15, 0.2) is 0 Å². The van der Waals surface area contributed by atoms with Crippen LogP contribution in [0.4, 0.5) is 5.82 Å². The van der Waals surface area contributed by atoms with Gasteiger partial charge in [-0.25, -0.2) is 0 Å². The van der Waals surface area contributed by atoms with Crippen molar-refractivity contribution < 1.29 is 9.53 Å². The van der Waals surface area contributed by atoms with E-state index in [-0.39, 0.29) is 12.0 Å². The molecule has 0 saturated carbocycles. The van der Waals surface area contributed by atoms with E-state index in [1.54, 1.807) is 0 Å². The lowest BCUT2D eigenvalue weighted by atomic mass is 10.0. The molecular formula is C16H24N4O2. The fourth-order valence-corrected chi connectivity index (χ4v) is 3.09. The quantitative estimate of drug-likeness (QED) is 0.918. The summed E-state index contributed by atoms with van der Waals surface area (Å²) in [5, 5.41) is 11.6. The van der Waals surface area contributed by atoms with Gasteiger partial charge in [-0.15, -0.1) is 5.10 Å². The van der Waals surface area contributed by atoms with Gasteiger partial charge >= 0.3 is 0 Å². The van der Waals surface area contributed by atoms with E-state index >= 15 is 0 Å². The first-order chi connectivity index (χ1) is 10.7. The maximum absolute atomic E-state index is 12.3. The van der Waals surface area contributed by atoms with Gasteiger partial charge in [0.1, 0.15) is 5.82 Å². The number of likely N-dealkylation sites (tertiary alicyclic amines) is 1. The molecule has 2 aliphatic heterocycles. The van der Waals surface area contributed by atoms with Gasteiger partial charge in [0, 0.05) is 25.7 Å². The lowest BCUT2D eigenvalue weighted by Crippen LogP contribution is -2.43. The van der Waals surface area contributed by atoms with Crippen molar-refractivity contribution in [3.63, 3.8) is 0 Å². The second-order valence-electron chi connectivity index (χ2n) is 6.20. The number of anilines is 1. The van der Waals surface area contributed by atoms with Crippen molar-refractivity contribution in [2.45, 2.75) is 51.2 Å². The van der Waals surface area contributed by atoms with Gasteiger partial charge in [0.2, 0.25) is 5.91 Å². The van der Waals surface area contributed by atoms with Gasteiger partial charge in [-0.1, -0.05) is 0 Å². The summed E-state index contributed by atoms with van der Waals surface area (Å²) < 4.78 is 5.55. The van der Waals surface area contributed by atoms with Crippen LogP contribution in [0.25, 0.3) is 0 Å². The molecule has 1 atom stereocenters. The summed E-state index contributed by atoms with van der Waals surface area (Å²) in [6.07, 6.45) is 4.70. The van der Waals surface area contributed by atoms with Crippen LogP contribution in [-0.2, 0) is 9.53 Å². The fourth-order valence-electron chi connectivity index (χ4n) is 3.09. The fraction of sp³-hybridized carbons (Fsp3) is 0.688. The second kappa shape index (κ2) is 7.05. The van der Waals surface area contributed by atoms with E-state index in [4.69, 9.17) is 4.74 Å². The number of carbonyl (C=O) groups is 1. The largest absolute Gasteiger partial charge is 0.378 e. The first kappa shape index (κ1) is 15.2. The van der Waals surface area contributed by atoms with E-state index in [1.807, 2.05) is 24.0 Å². The van der Waals surface area contributed by atoms with E-state index < -0.39 is 0 Å². The molecule has 0 aliphatic carbocycles. The van der Waals surface area contributed by atoms with Crippen molar-refractivity contribution in [3.05, 3.63) is 17.8 Å². The molecule has 1 amide bonds. The van der Waals surface area contributed by atoms with Crippen molar-refractivity contribution in [1.82, 2.24) is 15.1 Å². The summed E-state index contributed by atoms with van der Waals surface area (Å²) in [7, 11) is 0. The summed E-state index contributed by atoms with van der Waals surface area (Å²) in [5.74, 6) is 1.05. The van der Waals surface area contributed by atoms with Crippen LogP contribution in [0, 0.1) is 6.92 Å². The molecule has 1 aromatic heterocycles. The zero-order valence-electron chi connectivity index (χ0n) is 13.1. The Balaban J connectivity index is 1.43. The van der Waals surface area contributed by atoms with Gasteiger partial charge in [0.05, 0.1) is 18.2 Å². The SMILES string of the molecule is Cc1ccc(NC2CCN(C(=O)C[C@H]3CCCO3)CC2)nn1. The molecule has 1 aromatic rings. The molecule has 0 unspecified atom stereocenters. The van der Waals surface area contributed by atoms with Crippen LogP contribution < -0.4 is 5.32 Å². The normalized spacial score (nSPS) is 22.8. The molecule has 3 rings (SSSR count). The first-order valence-corrected chi connectivity index (χ1v) is 8.17. The standard InChI is InChI=1S/C16H24N4O2/c1-12-4-5-15(19-18-12)17-13-6-8-20(9-7-13)16(21)11-14-3-2-10-22-14/h4-5,13-14H,2-3,6-11H2,1H3,(H,17,19)/t14-/m1/s1. The smallest absolute Gasteiger partial charge is 0.225 e. The summed E-state index contributed by atoms with van der Waals surface area (Å²) in [6, 6.07) is 4.27. The number of aryl methyl sites for hydroxylation is 1. The third-order valence-electron chi connectivity index (χ3n) is 4.42. The predicted molar refractivity (Wildman–Crippen MR) is 83.6 cm³/mol. The number of rotatable bonds is 4. The number of amides is 1. The number of piperidine rings is 1. The number of ether oxygens (including phenoxy) is 1. The maximum Gasteiger partial charge on any atom is 0.225 e. The molecule has 0 spiro atoms. The van der Waals surface area contributed by atoms with Crippen LogP contribution in [-0.4, -0.2) is 52.8 Å². The Bertz CT molecular complexity index is 491. The van der Waals surface area contributed by atoms with Gasteiger partial charge in [-0.3, -0.25) is 4.79 Å². The molecule has 1 N–H and O–H groups in total. The van der Waals surface area contributed by atoms with Crippen molar-refractivity contribution in [3.8, 4) is 0 Å². The van der Waals surface area contributed by atoms with E-state index in [1.165, 1.54) is 0 Å². The Morgan fingerprint density at radius 1 is 1.32 bits per heavy atom. The van der Waals surface area contributed by atoms with Gasteiger partial charge < -0.3 is 15.0 Å². The molecule has 2 saturated heterocycles. The van der Waals surface area contributed by atoms with E-state index in [0.29, 0.717) is 12.5 Å². The van der Waals surface area contributed by atoms with Crippen molar-refractivity contribution in [1.29, 1.82) is 0 Å². The Kier molecular flexibility index (Phi) is 4.87. The van der Waals surface area contributed by atoms with Gasteiger partial charge in [-0.05, 0) is 44.7 Å². The number of aromatic nitrogens is 2. The average molecular weight is 304 g/mol. The Hall–Kier alpha value is -1.69. The third-order valence-corrected chi connectivity index (χ3v) is 4.42. The zero-order chi connectivity index (χ0) is 15.4. The highest BCUT2D eigenvalue weighted by atomic mass is 16.5. The maximum atomic E-state index is 12.3. The van der Waals surface area contributed by atoms with Gasteiger partial charge in [-0.2, -0.15) is 5.10 Å². The molecule has 0 bridgehead atoms. The van der Waals surface area contributed by atoms with Crippen molar-refractivity contribution >= 4 is 11.7 Å². The lowest BCUT2D eigenvalue weighted by Gasteiger charge is -2.33. The summed E-state index contributed by atoms with van der Waals surface area (Å²) in [5.41, 5.74) is 0.917. The Morgan fingerprint density at radius 2 is 2.14 bits per heavy atom. The summed E-state index contributed by atoms with van der Waals surface area (Å²) >= 11 is 0. The number of nitrogens with zero attached hydrogens (tertiary/aromatic N) is 3. The second-order valence-corrected chi connectivity index (χ2v) is 6.20. The number of hydrogen-bond donors (Lipinski definition) is 1. The van der Waals surface area contributed by atoms with E-state index in [0.717, 1.165) is 56.9 Å². The first-order valence-electron chi connectivity index (χ1n) is 8.17. The third kappa shape index (κ3) is 3.94. The minimum absolute atomic E-state index is 0.145. The van der Waals surface area contributed by atoms with E-state index in [2.05, 4.69) is 15.5 Å². The van der Waals surface area contributed by atoms with E-state index in [9.17, 15) is 4.79 Å². The number of nitrogens with one attached hydrogen (secondary N) is 1. The molecule has 22 heavy (non-hydrogen) atoms. The zero-order valence-corrected chi connectivity index (χ0v) is 13.1. The number of hydrogen-bond acceptors (Lipinski definition) is 5. The summed E-state index contributed by atoms with van der Waals surface area (Å²) in [4.78, 5) is 14.2.